The number of carbonyl (C=O) groups is 3. The Morgan fingerprint density at radius 2 is 1.94 bits per heavy atom. The molecule has 2 aromatic heterocycles. The molecule has 0 unspecified atom stereocenters. The van der Waals surface area contributed by atoms with Crippen molar-refractivity contribution in [3.63, 3.8) is 0 Å². The molecule has 3 amide bonds. The molecule has 1 saturated heterocycles. The number of aryl methyl sites for hydroxylation is 1. The van der Waals surface area contributed by atoms with E-state index in [0.717, 1.165) is 26.1 Å². The van der Waals surface area contributed by atoms with Gasteiger partial charge in [0.1, 0.15) is 5.54 Å². The number of hydrogen-bond donors (Lipinski definition) is 1. The molecule has 1 saturated carbocycles. The Bertz CT molecular complexity index is 1290. The highest BCUT2D eigenvalue weighted by atomic mass is 32.1. The number of aromatic nitrogens is 2. The molecular formula is C23H20F2N4O3S. The van der Waals surface area contributed by atoms with Crippen molar-refractivity contribution in [2.75, 3.05) is 6.54 Å². The molecule has 33 heavy (non-hydrogen) atoms. The third-order valence-electron chi connectivity index (χ3n) is 6.35. The van der Waals surface area contributed by atoms with Crippen molar-refractivity contribution in [1.82, 2.24) is 20.2 Å². The number of alkyl halides is 2. The van der Waals surface area contributed by atoms with Crippen LogP contribution in [-0.4, -0.2) is 50.6 Å². The first-order chi connectivity index (χ1) is 15.7. The molecule has 2 aliphatic rings. The zero-order chi connectivity index (χ0) is 23.4. The Morgan fingerprint density at radius 1 is 1.18 bits per heavy atom. The van der Waals surface area contributed by atoms with E-state index in [0.29, 0.717) is 5.69 Å². The Kier molecular flexibility index (Phi) is 5.00. The van der Waals surface area contributed by atoms with Crippen LogP contribution in [0, 0.1) is 6.92 Å². The molecule has 5 rings (SSSR count). The van der Waals surface area contributed by atoms with Gasteiger partial charge < -0.3 is 5.32 Å². The Hall–Kier alpha value is -3.27. The Balaban J connectivity index is 1.38. The first kappa shape index (κ1) is 21.6. The van der Waals surface area contributed by atoms with E-state index in [9.17, 15) is 23.2 Å². The van der Waals surface area contributed by atoms with Crippen LogP contribution in [0.3, 0.4) is 0 Å². The quantitative estimate of drug-likeness (QED) is 0.452. The summed E-state index contributed by atoms with van der Waals surface area (Å²) >= 11 is 1.19. The molecule has 7 nitrogen and oxygen atoms in total. The predicted molar refractivity (Wildman–Crippen MR) is 118 cm³/mol. The number of halogens is 2. The second-order valence-corrected chi connectivity index (χ2v) is 9.52. The largest absolute Gasteiger partial charge is 0.325 e. The van der Waals surface area contributed by atoms with Crippen molar-refractivity contribution in [1.29, 1.82) is 0 Å². The maximum Gasteiger partial charge on any atom is 0.325 e. The highest BCUT2D eigenvalue weighted by Gasteiger charge is 2.55. The number of urea groups is 1. The van der Waals surface area contributed by atoms with Gasteiger partial charge in [-0.3, -0.25) is 19.5 Å². The van der Waals surface area contributed by atoms with Gasteiger partial charge in [-0.1, -0.05) is 18.2 Å². The van der Waals surface area contributed by atoms with E-state index < -0.39 is 48.6 Å². The molecule has 10 heteroatoms. The number of imide groups is 1. The maximum atomic E-state index is 13.6. The van der Waals surface area contributed by atoms with Gasteiger partial charge in [0.2, 0.25) is 11.7 Å². The van der Waals surface area contributed by atoms with Crippen LogP contribution in [0.15, 0.2) is 36.7 Å². The smallest absolute Gasteiger partial charge is 0.323 e. The summed E-state index contributed by atoms with van der Waals surface area (Å²) in [5.41, 5.74) is 0.202. The van der Waals surface area contributed by atoms with E-state index in [1.165, 1.54) is 11.3 Å². The van der Waals surface area contributed by atoms with Gasteiger partial charge in [0.05, 0.1) is 17.1 Å². The number of fused-ring (bicyclic) bond motifs is 1. The molecule has 1 aliphatic carbocycles. The number of pyridine rings is 1. The highest BCUT2D eigenvalue weighted by Crippen LogP contribution is 2.41. The fourth-order valence-electron chi connectivity index (χ4n) is 4.49. The number of ketones is 1. The second-order valence-electron chi connectivity index (χ2n) is 8.52. The molecule has 3 aromatic rings. The van der Waals surface area contributed by atoms with E-state index in [-0.39, 0.29) is 17.8 Å². The van der Waals surface area contributed by atoms with Crippen LogP contribution in [0.2, 0.25) is 0 Å². The molecule has 1 spiro atoms. The SMILES string of the molecule is Cc1nc(C(=O)CN2C(=O)NC3(CCC(F)(F)CC3)C2=O)sc1-c1cccc2ccncc12. The summed E-state index contributed by atoms with van der Waals surface area (Å²) in [7, 11) is 0. The lowest BCUT2D eigenvalue weighted by Gasteiger charge is -2.34. The lowest BCUT2D eigenvalue weighted by molar-refractivity contribution is -0.135. The number of nitrogens with one attached hydrogen (secondary N) is 1. The zero-order valence-electron chi connectivity index (χ0n) is 17.7. The highest BCUT2D eigenvalue weighted by molar-refractivity contribution is 7.17. The van der Waals surface area contributed by atoms with Gasteiger partial charge in [-0.15, -0.1) is 11.3 Å². The van der Waals surface area contributed by atoms with Crippen molar-refractivity contribution in [3.8, 4) is 10.4 Å². The van der Waals surface area contributed by atoms with Crippen molar-refractivity contribution < 1.29 is 23.2 Å². The van der Waals surface area contributed by atoms with Crippen molar-refractivity contribution in [2.45, 2.75) is 44.1 Å². The van der Waals surface area contributed by atoms with E-state index in [4.69, 9.17) is 0 Å². The molecule has 170 valence electrons. The number of Topliss-reactive ketones (excluding diaryl/α,β-unsaturated/α-hetero) is 1. The van der Waals surface area contributed by atoms with Gasteiger partial charge in [0.25, 0.3) is 5.91 Å². The van der Waals surface area contributed by atoms with Crippen LogP contribution in [0.1, 0.15) is 41.2 Å². The lowest BCUT2D eigenvalue weighted by Crippen LogP contribution is -2.51. The van der Waals surface area contributed by atoms with E-state index >= 15 is 0 Å². The average molecular weight is 471 g/mol. The molecule has 1 aromatic carbocycles. The maximum absolute atomic E-state index is 13.6. The third kappa shape index (κ3) is 3.68. The fourth-order valence-corrected chi connectivity index (χ4v) is 5.53. The molecule has 0 atom stereocenters. The topological polar surface area (TPSA) is 92.3 Å². The average Bonchev–Trinajstić information content (AvgIpc) is 3.29. The molecular weight excluding hydrogens is 450 g/mol. The third-order valence-corrected chi connectivity index (χ3v) is 7.58. The second kappa shape index (κ2) is 7.65. The number of benzene rings is 1. The first-order valence-electron chi connectivity index (χ1n) is 10.5. The molecule has 1 N–H and O–H groups in total. The van der Waals surface area contributed by atoms with Gasteiger partial charge in [0, 0.05) is 36.2 Å². The van der Waals surface area contributed by atoms with Crippen LogP contribution in [-0.2, 0) is 4.79 Å². The van der Waals surface area contributed by atoms with Gasteiger partial charge in [-0.2, -0.15) is 0 Å². The molecule has 1 aliphatic heterocycles. The summed E-state index contributed by atoms with van der Waals surface area (Å²) < 4.78 is 27.1. The molecule has 2 fully saturated rings. The summed E-state index contributed by atoms with van der Waals surface area (Å²) in [6.07, 6.45) is 2.21. The minimum absolute atomic E-state index is 0.148. The van der Waals surface area contributed by atoms with Gasteiger partial charge >= 0.3 is 6.03 Å². The van der Waals surface area contributed by atoms with Gasteiger partial charge in [-0.25, -0.2) is 18.6 Å². The number of thiazole rings is 1. The number of hydrogen-bond acceptors (Lipinski definition) is 6. The van der Waals surface area contributed by atoms with E-state index in [1.807, 2.05) is 24.3 Å². The van der Waals surface area contributed by atoms with E-state index in [1.54, 1.807) is 19.3 Å². The fraction of sp³-hybridized carbons (Fsp3) is 0.348. The van der Waals surface area contributed by atoms with Crippen LogP contribution in [0.4, 0.5) is 13.6 Å². The van der Waals surface area contributed by atoms with Crippen LogP contribution >= 0.6 is 11.3 Å². The molecule has 0 radical (unpaired) electrons. The van der Waals surface area contributed by atoms with Crippen LogP contribution in [0.5, 0.6) is 0 Å². The number of rotatable bonds is 4. The summed E-state index contributed by atoms with van der Waals surface area (Å²) in [5.74, 6) is -3.94. The van der Waals surface area contributed by atoms with Gasteiger partial charge in [-0.05, 0) is 31.2 Å². The van der Waals surface area contributed by atoms with Crippen LogP contribution < -0.4 is 5.32 Å². The van der Waals surface area contributed by atoms with E-state index in [2.05, 4.69) is 15.3 Å². The number of carbonyl (C=O) groups excluding carboxylic acids is 3. The predicted octanol–water partition coefficient (Wildman–Crippen LogP) is 4.35. The summed E-state index contributed by atoms with van der Waals surface area (Å²) in [5, 5.41) is 4.67. The van der Waals surface area contributed by atoms with Crippen molar-refractivity contribution in [3.05, 3.63) is 47.4 Å². The minimum Gasteiger partial charge on any atom is -0.323 e. The van der Waals surface area contributed by atoms with Crippen molar-refractivity contribution in [2.24, 2.45) is 0 Å². The molecule has 0 bridgehead atoms. The van der Waals surface area contributed by atoms with Crippen LogP contribution in [0.25, 0.3) is 21.2 Å². The Morgan fingerprint density at radius 3 is 2.70 bits per heavy atom. The lowest BCUT2D eigenvalue weighted by atomic mass is 9.80. The summed E-state index contributed by atoms with van der Waals surface area (Å²) in [4.78, 5) is 48.6. The monoisotopic (exact) mass is 470 g/mol. The Labute approximate surface area is 191 Å². The standard InChI is InChI=1S/C23H20F2N4O3S/c1-13-18(15-4-2-3-14-5-10-26-11-16(14)15)33-19(27-13)17(30)12-29-20(31)22(28-21(29)32)6-8-23(24,25)9-7-22/h2-5,10-11H,6-9,12H2,1H3,(H,28,32). The summed E-state index contributed by atoms with van der Waals surface area (Å²) in [6.45, 7) is 1.31. The zero-order valence-corrected chi connectivity index (χ0v) is 18.5. The minimum atomic E-state index is -2.84. The summed E-state index contributed by atoms with van der Waals surface area (Å²) in [6, 6.07) is 6.98. The first-order valence-corrected chi connectivity index (χ1v) is 11.4. The molecule has 3 heterocycles. The number of amides is 3. The van der Waals surface area contributed by atoms with Gasteiger partial charge in [0.15, 0.2) is 5.01 Å². The number of nitrogens with zero attached hydrogens (tertiary/aromatic N) is 3. The normalized spacial score (nSPS) is 19.3. The van der Waals surface area contributed by atoms with Crippen molar-refractivity contribution >= 4 is 39.8 Å².